The first-order chi connectivity index (χ1) is 13.7. The lowest BCUT2D eigenvalue weighted by atomic mass is 9.95. The summed E-state index contributed by atoms with van der Waals surface area (Å²) in [5.74, 6) is -0.481. The van der Waals surface area contributed by atoms with Crippen LogP contribution in [0.25, 0.3) is 11.1 Å². The van der Waals surface area contributed by atoms with Crippen LogP contribution in [0.5, 0.6) is 0 Å². The van der Waals surface area contributed by atoms with Gasteiger partial charge in [-0.05, 0) is 29.7 Å². The summed E-state index contributed by atoms with van der Waals surface area (Å²) in [6.07, 6.45) is 2.03. The molecule has 1 atom stereocenters. The van der Waals surface area contributed by atoms with Crippen LogP contribution < -0.4 is 10.3 Å². The molecule has 2 fully saturated rings. The molecular weight excluding hydrogens is 355 g/mol. The van der Waals surface area contributed by atoms with Crippen LogP contribution in [0.15, 0.2) is 36.4 Å². The zero-order valence-electron chi connectivity index (χ0n) is 16.1. The third-order valence-electron chi connectivity index (χ3n) is 5.49. The second-order valence-electron chi connectivity index (χ2n) is 7.38. The van der Waals surface area contributed by atoms with E-state index in [2.05, 4.69) is 28.4 Å². The lowest BCUT2D eigenvalue weighted by Gasteiger charge is -2.32. The number of para-hydroxylation sites is 1. The second-order valence-corrected chi connectivity index (χ2v) is 7.38. The number of nitrogens with one attached hydrogen (secondary N) is 1. The molecule has 0 amide bonds. The normalized spacial score (nSPS) is 20.3. The molecular formula is C22H25FN4O. The first-order valence-corrected chi connectivity index (χ1v) is 9.80. The number of anilines is 1. The van der Waals surface area contributed by atoms with Crippen molar-refractivity contribution in [3.63, 3.8) is 0 Å². The maximum Gasteiger partial charge on any atom is 0.141 e. The molecule has 2 aromatic carbocycles. The highest BCUT2D eigenvalue weighted by Gasteiger charge is 2.26. The number of halogens is 1. The Balaban J connectivity index is 1.78. The van der Waals surface area contributed by atoms with Crippen LogP contribution in [-0.4, -0.2) is 50.9 Å². The Morgan fingerprint density at radius 2 is 2.18 bits per heavy atom. The van der Waals surface area contributed by atoms with Crippen molar-refractivity contribution < 1.29 is 9.13 Å². The molecule has 6 heteroatoms. The van der Waals surface area contributed by atoms with Gasteiger partial charge in [-0.1, -0.05) is 24.3 Å². The highest BCUT2D eigenvalue weighted by molar-refractivity contribution is 5.81. The van der Waals surface area contributed by atoms with Crippen LogP contribution >= 0.6 is 0 Å². The second kappa shape index (κ2) is 8.27. The van der Waals surface area contributed by atoms with E-state index in [4.69, 9.17) is 10.00 Å². The summed E-state index contributed by atoms with van der Waals surface area (Å²) >= 11 is 0. The fourth-order valence-electron chi connectivity index (χ4n) is 4.09. The van der Waals surface area contributed by atoms with Crippen LogP contribution in [0.3, 0.4) is 0 Å². The van der Waals surface area contributed by atoms with Crippen molar-refractivity contribution in [2.75, 3.05) is 44.8 Å². The highest BCUT2D eigenvalue weighted by Crippen LogP contribution is 2.37. The van der Waals surface area contributed by atoms with Crippen molar-refractivity contribution in [3.05, 3.63) is 53.3 Å². The molecule has 0 bridgehead atoms. The highest BCUT2D eigenvalue weighted by atomic mass is 19.1. The SMILES string of the molecule is CN1CCCN1c1c(CC2CNCCO2)cccc1-c1ccc(C#N)c(F)c1. The van der Waals surface area contributed by atoms with Gasteiger partial charge in [0.05, 0.1) is 24.0 Å². The van der Waals surface area contributed by atoms with Crippen LogP contribution in [0, 0.1) is 17.1 Å². The van der Waals surface area contributed by atoms with Gasteiger partial charge in [0.1, 0.15) is 11.9 Å². The molecule has 0 aromatic heterocycles. The number of nitriles is 1. The van der Waals surface area contributed by atoms with Gasteiger partial charge in [0.25, 0.3) is 0 Å². The third kappa shape index (κ3) is 3.74. The van der Waals surface area contributed by atoms with E-state index in [0.717, 1.165) is 62.4 Å². The van der Waals surface area contributed by atoms with E-state index < -0.39 is 5.82 Å². The average molecular weight is 380 g/mol. The van der Waals surface area contributed by atoms with Gasteiger partial charge in [0, 0.05) is 45.2 Å². The minimum absolute atomic E-state index is 0.0708. The van der Waals surface area contributed by atoms with Crippen molar-refractivity contribution >= 4 is 5.69 Å². The zero-order chi connectivity index (χ0) is 19.5. The summed E-state index contributed by atoms with van der Waals surface area (Å²) in [5.41, 5.74) is 4.15. The molecule has 0 aliphatic carbocycles. The van der Waals surface area contributed by atoms with E-state index in [0.29, 0.717) is 0 Å². The van der Waals surface area contributed by atoms with Gasteiger partial charge in [-0.15, -0.1) is 0 Å². The Morgan fingerprint density at radius 1 is 1.29 bits per heavy atom. The standard InChI is InChI=1S/C22H25FN4O/c1-26-9-3-10-27(26)22-17(12-19-15-25-8-11-28-19)4-2-5-20(22)16-6-7-18(14-24)21(23)13-16/h2,4-7,13,19,25H,3,8-12,15H2,1H3. The molecule has 2 aliphatic rings. The van der Waals surface area contributed by atoms with Gasteiger partial charge in [0.15, 0.2) is 0 Å². The molecule has 0 spiro atoms. The van der Waals surface area contributed by atoms with Gasteiger partial charge in [0.2, 0.25) is 0 Å². The molecule has 1 unspecified atom stereocenters. The van der Waals surface area contributed by atoms with Crippen molar-refractivity contribution in [2.24, 2.45) is 0 Å². The number of ether oxygens (including phenoxy) is 1. The Morgan fingerprint density at radius 3 is 2.86 bits per heavy atom. The molecule has 2 aliphatic heterocycles. The first-order valence-electron chi connectivity index (χ1n) is 9.80. The van der Waals surface area contributed by atoms with Crippen LogP contribution in [0.2, 0.25) is 0 Å². The maximum absolute atomic E-state index is 14.3. The fourth-order valence-corrected chi connectivity index (χ4v) is 4.09. The Bertz CT molecular complexity index is 889. The number of benzene rings is 2. The lowest BCUT2D eigenvalue weighted by Crippen LogP contribution is -2.40. The number of rotatable bonds is 4. The molecule has 0 radical (unpaired) electrons. The number of hydrogen-bond donors (Lipinski definition) is 1. The van der Waals surface area contributed by atoms with E-state index >= 15 is 0 Å². The minimum Gasteiger partial charge on any atom is -0.375 e. The lowest BCUT2D eigenvalue weighted by molar-refractivity contribution is 0.0292. The Hall–Kier alpha value is -2.46. The summed E-state index contributed by atoms with van der Waals surface area (Å²) in [6, 6.07) is 13.0. The van der Waals surface area contributed by atoms with Gasteiger partial charge >= 0.3 is 0 Å². The number of morpholine rings is 1. The summed E-state index contributed by atoms with van der Waals surface area (Å²) in [4.78, 5) is 0. The molecule has 0 saturated carbocycles. The number of hydrogen-bond acceptors (Lipinski definition) is 5. The molecule has 1 N–H and O–H groups in total. The van der Waals surface area contributed by atoms with Gasteiger partial charge in [-0.3, -0.25) is 0 Å². The molecule has 28 heavy (non-hydrogen) atoms. The van der Waals surface area contributed by atoms with Gasteiger partial charge in [-0.25, -0.2) is 9.40 Å². The smallest absolute Gasteiger partial charge is 0.141 e. The van der Waals surface area contributed by atoms with Crippen LogP contribution in [0.4, 0.5) is 10.1 Å². The van der Waals surface area contributed by atoms with E-state index in [-0.39, 0.29) is 11.7 Å². The molecule has 146 valence electrons. The van der Waals surface area contributed by atoms with Crippen molar-refractivity contribution in [1.29, 1.82) is 5.26 Å². The maximum atomic E-state index is 14.3. The number of nitrogens with zero attached hydrogens (tertiary/aromatic N) is 3. The topological polar surface area (TPSA) is 51.5 Å². The largest absolute Gasteiger partial charge is 0.375 e. The Kier molecular flexibility index (Phi) is 5.58. The quantitative estimate of drug-likeness (QED) is 0.884. The van der Waals surface area contributed by atoms with Crippen molar-refractivity contribution in [1.82, 2.24) is 10.3 Å². The van der Waals surface area contributed by atoms with Gasteiger partial charge in [-0.2, -0.15) is 5.26 Å². The van der Waals surface area contributed by atoms with Crippen molar-refractivity contribution in [2.45, 2.75) is 18.9 Å². The van der Waals surface area contributed by atoms with E-state index in [1.807, 2.05) is 24.3 Å². The summed E-state index contributed by atoms with van der Waals surface area (Å²) < 4.78 is 20.3. The molecule has 2 heterocycles. The molecule has 4 rings (SSSR count). The van der Waals surface area contributed by atoms with E-state index in [1.54, 1.807) is 6.07 Å². The van der Waals surface area contributed by atoms with Crippen LogP contribution in [-0.2, 0) is 11.2 Å². The van der Waals surface area contributed by atoms with E-state index in [1.165, 1.54) is 11.6 Å². The van der Waals surface area contributed by atoms with Crippen molar-refractivity contribution in [3.8, 4) is 17.2 Å². The monoisotopic (exact) mass is 380 g/mol. The molecule has 2 aromatic rings. The summed E-state index contributed by atoms with van der Waals surface area (Å²) in [5, 5.41) is 16.9. The number of hydrazine groups is 1. The van der Waals surface area contributed by atoms with E-state index in [9.17, 15) is 4.39 Å². The van der Waals surface area contributed by atoms with Gasteiger partial charge < -0.3 is 15.1 Å². The predicted molar refractivity (Wildman–Crippen MR) is 107 cm³/mol. The summed E-state index contributed by atoms with van der Waals surface area (Å²) in [7, 11) is 2.09. The predicted octanol–water partition coefficient (Wildman–Crippen LogP) is 2.95. The third-order valence-corrected chi connectivity index (χ3v) is 5.49. The average Bonchev–Trinajstić information content (AvgIpc) is 3.14. The minimum atomic E-state index is -0.481. The van der Waals surface area contributed by atoms with Crippen LogP contribution in [0.1, 0.15) is 17.5 Å². The Labute approximate surface area is 165 Å². The molecule has 2 saturated heterocycles. The first kappa shape index (κ1) is 18.9. The summed E-state index contributed by atoms with van der Waals surface area (Å²) in [6.45, 7) is 4.39. The fraction of sp³-hybridized carbons (Fsp3) is 0.409. The zero-order valence-corrected chi connectivity index (χ0v) is 16.1. The molecule has 5 nitrogen and oxygen atoms in total.